The van der Waals surface area contributed by atoms with Crippen LogP contribution in [0.3, 0.4) is 0 Å². The molecule has 5 rings (SSSR count). The number of likely N-dealkylation sites (tertiary alicyclic amines) is 1. The number of amides is 1. The van der Waals surface area contributed by atoms with Gasteiger partial charge in [-0.1, -0.05) is 24.2 Å². The van der Waals surface area contributed by atoms with Gasteiger partial charge in [-0.15, -0.1) is 0 Å². The number of rotatable bonds is 6. The fraction of sp³-hybridized carbons (Fsp3) is 0.393. The van der Waals surface area contributed by atoms with E-state index in [0.717, 1.165) is 6.07 Å². The highest BCUT2D eigenvalue weighted by Gasteiger charge is 2.34. The molecule has 8 nitrogen and oxygen atoms in total. The minimum Gasteiger partial charge on any atom is -0.507 e. The van der Waals surface area contributed by atoms with Crippen LogP contribution < -0.4 is 9.64 Å². The molecule has 0 radical (unpaired) electrons. The zero-order chi connectivity index (χ0) is 30.2. The molecule has 1 aromatic heterocycles. The van der Waals surface area contributed by atoms with Gasteiger partial charge in [-0.2, -0.15) is 23.1 Å². The van der Waals surface area contributed by atoms with Crippen molar-refractivity contribution in [2.75, 3.05) is 50.7 Å². The van der Waals surface area contributed by atoms with Crippen molar-refractivity contribution in [2.24, 2.45) is 0 Å². The summed E-state index contributed by atoms with van der Waals surface area (Å²) in [7, 11) is 0. The molecule has 0 atom stereocenters. The number of hydrogen-bond donors (Lipinski definition) is 1. The third kappa shape index (κ3) is 6.21. The van der Waals surface area contributed by atoms with E-state index >= 15 is 4.39 Å². The van der Waals surface area contributed by atoms with Crippen molar-refractivity contribution in [1.29, 1.82) is 0 Å². The molecule has 0 saturated carbocycles. The molecule has 224 valence electrons. The van der Waals surface area contributed by atoms with Crippen molar-refractivity contribution in [2.45, 2.75) is 25.1 Å². The van der Waals surface area contributed by atoms with Crippen LogP contribution in [0.5, 0.6) is 11.8 Å². The molecular weight excluding hydrogens is 585 g/mol. The number of aromatic nitrogens is 2. The van der Waals surface area contributed by atoms with Crippen molar-refractivity contribution >= 4 is 34.2 Å². The van der Waals surface area contributed by atoms with Crippen LogP contribution in [0.25, 0.3) is 22.0 Å². The number of carbonyl (C=O) groups excluding carboxylic acids is 1. The second kappa shape index (κ2) is 11.9. The van der Waals surface area contributed by atoms with E-state index in [-0.39, 0.29) is 59.6 Å². The number of ether oxygens (including phenoxy) is 1. The first-order chi connectivity index (χ1) is 19.9. The van der Waals surface area contributed by atoms with Crippen molar-refractivity contribution in [3.05, 3.63) is 53.6 Å². The molecular formula is C28H27ClF5N5O3. The number of anilines is 1. The maximum atomic E-state index is 16.2. The molecule has 0 aliphatic carbocycles. The van der Waals surface area contributed by atoms with Gasteiger partial charge in [0, 0.05) is 50.2 Å². The smallest absolute Gasteiger partial charge is 0.401 e. The molecule has 0 spiro atoms. The summed E-state index contributed by atoms with van der Waals surface area (Å²) in [6, 6.07) is 4.71. The highest BCUT2D eigenvalue weighted by Crippen LogP contribution is 2.43. The number of nitrogens with zero attached hydrogens (tertiary/aromatic N) is 5. The normalized spacial score (nSPS) is 17.1. The Bertz CT molecular complexity index is 1490. The number of phenols is 1. The second-order valence-corrected chi connectivity index (χ2v) is 10.5. The van der Waals surface area contributed by atoms with E-state index in [4.69, 9.17) is 16.3 Å². The lowest BCUT2D eigenvalue weighted by molar-refractivity contribution is -0.149. The van der Waals surface area contributed by atoms with Crippen LogP contribution in [-0.4, -0.2) is 88.9 Å². The Morgan fingerprint density at radius 1 is 1.10 bits per heavy atom. The van der Waals surface area contributed by atoms with Gasteiger partial charge in [0.2, 0.25) is 5.91 Å². The quantitative estimate of drug-likeness (QED) is 0.304. The lowest BCUT2D eigenvalue weighted by Gasteiger charge is -2.35. The molecule has 2 aliphatic rings. The molecule has 14 heteroatoms. The monoisotopic (exact) mass is 611 g/mol. The van der Waals surface area contributed by atoms with Crippen LogP contribution in [0, 0.1) is 11.6 Å². The van der Waals surface area contributed by atoms with E-state index in [1.54, 1.807) is 4.90 Å². The van der Waals surface area contributed by atoms with E-state index in [0.29, 0.717) is 26.2 Å². The Labute approximate surface area is 242 Å². The standard InChI is InChI=1S/C28H27ClF5N5O3/c1-2-21(41)38-10-12-39(13-11-38)26-17-14-18(29)22(23-19(30)4-3-5-20(23)40)24(31)25(17)35-27(36-26)42-16-6-8-37(9-7-16)15-28(32,33)34/h2-5,14,16,40H,1,6-13,15H2. The van der Waals surface area contributed by atoms with E-state index in [2.05, 4.69) is 16.5 Å². The first kappa shape index (κ1) is 29.8. The number of halogens is 6. The van der Waals surface area contributed by atoms with Crippen LogP contribution in [0.2, 0.25) is 5.02 Å². The third-order valence-corrected chi connectivity index (χ3v) is 7.66. The van der Waals surface area contributed by atoms with Crippen LogP contribution in [-0.2, 0) is 4.79 Å². The SMILES string of the molecule is C=CC(=O)N1CCN(c2nc(OC3CCN(CC(F)(F)F)CC3)nc3c(F)c(-c4c(O)cccc4F)c(Cl)cc23)CC1. The van der Waals surface area contributed by atoms with Crippen LogP contribution >= 0.6 is 11.6 Å². The molecule has 0 unspecified atom stereocenters. The van der Waals surface area contributed by atoms with Gasteiger partial charge in [0.25, 0.3) is 0 Å². The van der Waals surface area contributed by atoms with Gasteiger partial charge in [-0.05, 0) is 37.1 Å². The molecule has 2 fully saturated rings. The number of hydrogen-bond acceptors (Lipinski definition) is 7. The summed E-state index contributed by atoms with van der Waals surface area (Å²) in [5, 5.41) is 10.4. The molecule has 2 saturated heterocycles. The number of aromatic hydroxyl groups is 1. The fourth-order valence-electron chi connectivity index (χ4n) is 5.30. The lowest BCUT2D eigenvalue weighted by atomic mass is 10.0. The molecule has 1 amide bonds. The highest BCUT2D eigenvalue weighted by molar-refractivity contribution is 6.34. The number of piperazine rings is 1. The Morgan fingerprint density at radius 3 is 2.40 bits per heavy atom. The Morgan fingerprint density at radius 2 is 1.79 bits per heavy atom. The summed E-state index contributed by atoms with van der Waals surface area (Å²) < 4.78 is 75.3. The van der Waals surface area contributed by atoms with Gasteiger partial charge in [0.05, 0.1) is 17.1 Å². The summed E-state index contributed by atoms with van der Waals surface area (Å²) in [6.07, 6.45) is -3.07. The van der Waals surface area contributed by atoms with Gasteiger partial charge in [0.15, 0.2) is 5.82 Å². The van der Waals surface area contributed by atoms with Crippen molar-refractivity contribution < 1.29 is 36.6 Å². The summed E-state index contributed by atoms with van der Waals surface area (Å²) in [5.41, 5.74) is -1.06. The number of carbonyl (C=O) groups is 1. The van der Waals surface area contributed by atoms with E-state index in [1.165, 1.54) is 29.2 Å². The number of benzene rings is 2. The molecule has 42 heavy (non-hydrogen) atoms. The number of fused-ring (bicyclic) bond motifs is 1. The van der Waals surface area contributed by atoms with E-state index in [1.807, 2.05) is 4.90 Å². The Hall–Kier alpha value is -3.71. The maximum absolute atomic E-state index is 16.2. The van der Waals surface area contributed by atoms with E-state index < -0.39 is 47.3 Å². The number of piperidine rings is 1. The molecule has 2 aromatic carbocycles. The van der Waals surface area contributed by atoms with Crippen molar-refractivity contribution in [1.82, 2.24) is 19.8 Å². The van der Waals surface area contributed by atoms with Crippen LogP contribution in [0.15, 0.2) is 36.9 Å². The first-order valence-corrected chi connectivity index (χ1v) is 13.6. The van der Waals surface area contributed by atoms with Gasteiger partial charge in [-0.25, -0.2) is 8.78 Å². The van der Waals surface area contributed by atoms with Gasteiger partial charge >= 0.3 is 12.2 Å². The largest absolute Gasteiger partial charge is 0.507 e. The first-order valence-electron chi connectivity index (χ1n) is 13.2. The molecule has 2 aliphatic heterocycles. The summed E-state index contributed by atoms with van der Waals surface area (Å²) >= 11 is 6.46. The zero-order valence-electron chi connectivity index (χ0n) is 22.3. The summed E-state index contributed by atoms with van der Waals surface area (Å²) in [5.74, 6) is -2.39. The fourth-order valence-corrected chi connectivity index (χ4v) is 5.59. The molecule has 0 bridgehead atoms. The molecule has 3 heterocycles. The van der Waals surface area contributed by atoms with Gasteiger partial charge in [0.1, 0.15) is 29.0 Å². The van der Waals surface area contributed by atoms with Gasteiger partial charge < -0.3 is 19.6 Å². The maximum Gasteiger partial charge on any atom is 0.401 e. The molecule has 1 N–H and O–H groups in total. The minimum absolute atomic E-state index is 0.143. The topological polar surface area (TPSA) is 82.0 Å². The predicted molar refractivity (Wildman–Crippen MR) is 147 cm³/mol. The van der Waals surface area contributed by atoms with Crippen LogP contribution in [0.4, 0.5) is 27.8 Å². The second-order valence-electron chi connectivity index (χ2n) is 10.1. The zero-order valence-corrected chi connectivity index (χ0v) is 23.1. The predicted octanol–water partition coefficient (Wildman–Crippen LogP) is 5.17. The number of phenolic OH excluding ortho intramolecular Hbond substituents is 1. The third-order valence-electron chi connectivity index (χ3n) is 7.36. The number of alkyl halides is 3. The van der Waals surface area contributed by atoms with Gasteiger partial charge in [-0.3, -0.25) is 9.69 Å². The molecule has 3 aromatic rings. The average molecular weight is 612 g/mol. The van der Waals surface area contributed by atoms with Crippen molar-refractivity contribution in [3.8, 4) is 22.9 Å². The average Bonchev–Trinajstić information content (AvgIpc) is 2.94. The van der Waals surface area contributed by atoms with Crippen LogP contribution in [0.1, 0.15) is 12.8 Å². The lowest BCUT2D eigenvalue weighted by Crippen LogP contribution is -2.48. The Balaban J connectivity index is 1.53. The highest BCUT2D eigenvalue weighted by atomic mass is 35.5. The minimum atomic E-state index is -4.31. The van der Waals surface area contributed by atoms with Crippen molar-refractivity contribution in [3.63, 3.8) is 0 Å². The Kier molecular flexibility index (Phi) is 8.42. The summed E-state index contributed by atoms with van der Waals surface area (Å²) in [6.45, 7) is 4.10. The van der Waals surface area contributed by atoms with E-state index in [9.17, 15) is 27.5 Å². The summed E-state index contributed by atoms with van der Waals surface area (Å²) in [4.78, 5) is 25.6.